The molecule has 2 aromatic rings. The number of anilines is 1. The van der Waals surface area contributed by atoms with Crippen molar-refractivity contribution in [3.05, 3.63) is 59.7 Å². The number of hydrogen-bond donors (Lipinski definition) is 7. The van der Waals surface area contributed by atoms with E-state index in [0.717, 1.165) is 44.1 Å². The van der Waals surface area contributed by atoms with E-state index >= 15 is 0 Å². The summed E-state index contributed by atoms with van der Waals surface area (Å²) in [4.78, 5) is 115. The van der Waals surface area contributed by atoms with Gasteiger partial charge >= 0.3 is 5.97 Å². The number of esters is 1. The van der Waals surface area contributed by atoms with E-state index in [4.69, 9.17) is 14.2 Å². The van der Waals surface area contributed by atoms with E-state index in [0.29, 0.717) is 13.1 Å². The van der Waals surface area contributed by atoms with Crippen molar-refractivity contribution in [2.24, 2.45) is 0 Å². The SMILES string of the molecule is CCCCCCCCCCCCCCCCCCN(CCCCCCCCCCCCCCCCCC)C(=O)COCC(=O)NCC(=O)NCC(=O)NCC(=O)Nc1cc(C(=O)NCC(=O)NCC(=O)NCC(=O)OCc2ccccc2)ccc1OC. The zero-order valence-corrected chi connectivity index (χ0v) is 53.4. The van der Waals surface area contributed by atoms with Crippen LogP contribution >= 0.6 is 0 Å². The molecule has 20 heteroatoms. The minimum absolute atomic E-state index is 0.0444. The number of ether oxygens (including phenoxy) is 3. The molecule has 0 aromatic heterocycles. The molecule has 0 saturated heterocycles. The number of nitrogens with zero attached hydrogens (tertiary/aromatic N) is 1. The van der Waals surface area contributed by atoms with Crippen LogP contribution < -0.4 is 42.0 Å². The first-order valence-electron chi connectivity index (χ1n) is 33.0. The second kappa shape index (κ2) is 52.5. The number of hydrogen-bond acceptors (Lipinski definition) is 12. The Morgan fingerprint density at radius 3 is 1.21 bits per heavy atom. The van der Waals surface area contributed by atoms with Crippen molar-refractivity contribution < 1.29 is 57.4 Å². The Morgan fingerprint density at radius 1 is 0.402 bits per heavy atom. The van der Waals surface area contributed by atoms with Crippen LogP contribution in [0.4, 0.5) is 5.69 Å². The van der Waals surface area contributed by atoms with Crippen LogP contribution in [0.2, 0.25) is 0 Å². The Labute approximate surface area is 520 Å². The summed E-state index contributed by atoms with van der Waals surface area (Å²) >= 11 is 0. The first kappa shape index (κ1) is 76.5. The maximum absolute atomic E-state index is 13.4. The van der Waals surface area contributed by atoms with Gasteiger partial charge in [-0.25, -0.2) is 0 Å². The molecule has 0 radical (unpaired) electrons. The third-order valence-corrected chi connectivity index (χ3v) is 15.0. The summed E-state index contributed by atoms with van der Waals surface area (Å²) in [6.45, 7) is 2.40. The third-order valence-electron chi connectivity index (χ3n) is 15.0. The molecule has 0 aliphatic heterocycles. The van der Waals surface area contributed by atoms with Gasteiger partial charge in [0.2, 0.25) is 41.4 Å². The second-order valence-corrected chi connectivity index (χ2v) is 22.7. The maximum Gasteiger partial charge on any atom is 0.325 e. The first-order valence-corrected chi connectivity index (χ1v) is 33.0. The van der Waals surface area contributed by atoms with Gasteiger partial charge in [0.25, 0.3) is 5.91 Å². The molecule has 0 aliphatic rings. The lowest BCUT2D eigenvalue weighted by Gasteiger charge is -2.23. The van der Waals surface area contributed by atoms with Crippen LogP contribution in [0.15, 0.2) is 48.5 Å². The smallest absolute Gasteiger partial charge is 0.325 e. The molecule has 0 heterocycles. The fourth-order valence-corrected chi connectivity index (χ4v) is 9.77. The third kappa shape index (κ3) is 42.8. The quantitative estimate of drug-likeness (QED) is 0.0241. The van der Waals surface area contributed by atoms with E-state index < -0.39 is 93.2 Å². The van der Waals surface area contributed by atoms with E-state index in [9.17, 15) is 43.2 Å². The molecule has 0 saturated carbocycles. The van der Waals surface area contributed by atoms with Gasteiger partial charge in [-0.3, -0.25) is 43.2 Å². The minimum Gasteiger partial charge on any atom is -0.495 e. The van der Waals surface area contributed by atoms with Crippen LogP contribution in [0.5, 0.6) is 5.75 Å². The number of nitrogens with one attached hydrogen (secondary N) is 7. The highest BCUT2D eigenvalue weighted by Gasteiger charge is 2.18. The molecule has 490 valence electrons. The Balaban J connectivity index is 1.67. The highest BCUT2D eigenvalue weighted by molar-refractivity contribution is 6.01. The van der Waals surface area contributed by atoms with Crippen LogP contribution in [-0.2, 0) is 54.4 Å². The van der Waals surface area contributed by atoms with Gasteiger partial charge in [-0.05, 0) is 36.6 Å². The van der Waals surface area contributed by atoms with Crippen LogP contribution in [-0.4, -0.2) is 131 Å². The molecule has 0 bridgehead atoms. The summed E-state index contributed by atoms with van der Waals surface area (Å²) in [7, 11) is 1.35. The fraction of sp³-hybridized carbons (Fsp3) is 0.687. The normalized spacial score (nSPS) is 10.8. The monoisotopic (exact) mass is 1220 g/mol. The Hall–Kier alpha value is -6.57. The highest BCUT2D eigenvalue weighted by atomic mass is 16.5. The van der Waals surface area contributed by atoms with Gasteiger partial charge < -0.3 is 56.3 Å². The molecule has 87 heavy (non-hydrogen) atoms. The van der Waals surface area contributed by atoms with Crippen molar-refractivity contribution in [1.29, 1.82) is 0 Å². The highest BCUT2D eigenvalue weighted by Crippen LogP contribution is 2.26. The van der Waals surface area contributed by atoms with E-state index in [2.05, 4.69) is 51.1 Å². The van der Waals surface area contributed by atoms with Crippen molar-refractivity contribution in [1.82, 2.24) is 36.8 Å². The van der Waals surface area contributed by atoms with Crippen LogP contribution in [0.1, 0.15) is 235 Å². The van der Waals surface area contributed by atoms with Gasteiger partial charge in [0.15, 0.2) is 0 Å². The summed E-state index contributed by atoms with van der Waals surface area (Å²) in [5, 5.41) is 16.8. The van der Waals surface area contributed by atoms with Gasteiger partial charge in [0, 0.05) is 18.7 Å². The van der Waals surface area contributed by atoms with Crippen molar-refractivity contribution in [2.75, 3.05) is 78.0 Å². The molecule has 0 aliphatic carbocycles. The molecule has 20 nitrogen and oxygen atoms in total. The Kier molecular flexibility index (Phi) is 46.2. The summed E-state index contributed by atoms with van der Waals surface area (Å²) in [5.41, 5.74) is 0.910. The lowest BCUT2D eigenvalue weighted by atomic mass is 10.0. The van der Waals surface area contributed by atoms with E-state index in [1.165, 1.54) is 192 Å². The maximum atomic E-state index is 13.4. The Morgan fingerprint density at radius 2 is 0.782 bits per heavy atom. The van der Waals surface area contributed by atoms with Gasteiger partial charge in [-0.2, -0.15) is 0 Å². The molecule has 7 N–H and O–H groups in total. The van der Waals surface area contributed by atoms with E-state index in [1.54, 1.807) is 24.3 Å². The number of methoxy groups -OCH3 is 1. The van der Waals surface area contributed by atoms with E-state index in [1.807, 2.05) is 11.0 Å². The van der Waals surface area contributed by atoms with Gasteiger partial charge in [-0.1, -0.05) is 237 Å². The number of carbonyl (C=O) groups excluding carboxylic acids is 9. The lowest BCUT2D eigenvalue weighted by Crippen LogP contribution is -2.44. The van der Waals surface area contributed by atoms with Gasteiger partial charge in [0.1, 0.15) is 32.1 Å². The molecular formula is C67H110N8O12. The summed E-state index contributed by atoms with van der Waals surface area (Å²) in [6, 6.07) is 13.1. The molecule has 2 rings (SSSR count). The topological polar surface area (TPSA) is 269 Å². The zero-order chi connectivity index (χ0) is 63.2. The molecule has 8 amide bonds. The second-order valence-electron chi connectivity index (χ2n) is 22.7. The molecule has 0 atom stereocenters. The molecule has 2 aromatic carbocycles. The molecule has 0 unspecified atom stereocenters. The molecule has 0 fully saturated rings. The predicted octanol–water partition coefficient (Wildman–Crippen LogP) is 10.1. The number of amides is 8. The van der Waals surface area contributed by atoms with Crippen molar-refractivity contribution in [3.63, 3.8) is 0 Å². The minimum atomic E-state index is -0.701. The molecular weight excluding hydrogens is 1110 g/mol. The van der Waals surface area contributed by atoms with Crippen molar-refractivity contribution in [3.8, 4) is 5.75 Å². The van der Waals surface area contributed by atoms with Crippen LogP contribution in [0.3, 0.4) is 0 Å². The lowest BCUT2D eigenvalue weighted by molar-refractivity contribution is -0.145. The summed E-state index contributed by atoms with van der Waals surface area (Å²) in [6.07, 6.45) is 41.0. The number of benzene rings is 2. The largest absolute Gasteiger partial charge is 0.495 e. The average molecular weight is 1220 g/mol. The van der Waals surface area contributed by atoms with Crippen molar-refractivity contribution in [2.45, 2.75) is 226 Å². The number of rotatable bonds is 55. The van der Waals surface area contributed by atoms with Crippen molar-refractivity contribution >= 4 is 58.9 Å². The number of carbonyl (C=O) groups is 9. The standard InChI is InChI=1S/C67H110N8O12/c1-4-6-8-10-12-14-16-18-20-22-24-26-28-30-32-37-43-75(44-38-33-31-29-27-25-23-21-19-17-15-13-11-9-7-5-2)65(82)54-86-53-64(81)71-48-60(77)68-46-59(76)70-50-63(80)74-57-45-56(41-42-58(57)85-3)67(84)73-49-62(79)69-47-61(78)72-51-66(83)87-52-55-39-35-34-36-40-55/h34-36,39-42,45H,4-33,37-38,43-44,46-54H2,1-3H3,(H,68,77)(H,69,79)(H,70,76)(H,71,81)(H,72,78)(H,73,84)(H,74,80). The van der Waals surface area contributed by atoms with Gasteiger partial charge in [-0.15, -0.1) is 0 Å². The Bertz CT molecular complexity index is 2200. The van der Waals surface area contributed by atoms with Crippen LogP contribution in [0.25, 0.3) is 0 Å². The molecule has 0 spiro atoms. The fourth-order valence-electron chi connectivity index (χ4n) is 9.77. The van der Waals surface area contributed by atoms with Gasteiger partial charge in [0.05, 0.1) is 45.5 Å². The number of unbranched alkanes of at least 4 members (excludes halogenated alkanes) is 30. The van der Waals surface area contributed by atoms with Crippen LogP contribution in [0, 0.1) is 0 Å². The predicted molar refractivity (Wildman–Crippen MR) is 342 cm³/mol. The summed E-state index contributed by atoms with van der Waals surface area (Å²) < 4.78 is 15.9. The average Bonchev–Trinajstić information content (AvgIpc) is 3.72. The first-order chi connectivity index (χ1) is 42.3. The summed E-state index contributed by atoms with van der Waals surface area (Å²) in [5.74, 6) is -5.31. The van der Waals surface area contributed by atoms with E-state index in [-0.39, 0.29) is 36.1 Å². The zero-order valence-electron chi connectivity index (χ0n) is 53.4.